The second kappa shape index (κ2) is 5.67. The van der Waals surface area contributed by atoms with Gasteiger partial charge in [-0.15, -0.1) is 0 Å². The van der Waals surface area contributed by atoms with E-state index in [4.69, 9.17) is 9.15 Å². The van der Waals surface area contributed by atoms with Crippen molar-refractivity contribution < 1.29 is 23.8 Å². The van der Waals surface area contributed by atoms with E-state index in [0.29, 0.717) is 5.76 Å². The number of methoxy groups -OCH3 is 1. The third-order valence-corrected chi connectivity index (χ3v) is 1.93. The summed E-state index contributed by atoms with van der Waals surface area (Å²) in [7, 11) is 1.27. The van der Waals surface area contributed by atoms with Gasteiger partial charge in [0, 0.05) is 0 Å². The molecule has 16 heavy (non-hydrogen) atoms. The number of carbonyl (C=O) groups is 1. The molecule has 1 unspecified atom stereocenters. The summed E-state index contributed by atoms with van der Waals surface area (Å²) < 4.78 is 14.8. The first-order valence-electron chi connectivity index (χ1n) is 5.02. The molecule has 0 aliphatic heterocycles. The van der Waals surface area contributed by atoms with E-state index < -0.39 is 12.1 Å². The number of furan rings is 1. The summed E-state index contributed by atoms with van der Waals surface area (Å²) in [5, 5.41) is 9.67. The van der Waals surface area contributed by atoms with E-state index in [1.165, 1.54) is 19.2 Å². The molecule has 5 nitrogen and oxygen atoms in total. The summed E-state index contributed by atoms with van der Waals surface area (Å²) in [6.07, 6.45) is -0.842. The van der Waals surface area contributed by atoms with E-state index in [-0.39, 0.29) is 18.5 Å². The van der Waals surface area contributed by atoms with Gasteiger partial charge in [-0.1, -0.05) is 0 Å². The van der Waals surface area contributed by atoms with Crippen LogP contribution in [-0.4, -0.2) is 30.9 Å². The van der Waals surface area contributed by atoms with E-state index in [9.17, 15) is 9.90 Å². The summed E-state index contributed by atoms with van der Waals surface area (Å²) in [5.74, 6) is -0.203. The average molecular weight is 228 g/mol. The highest BCUT2D eigenvalue weighted by Crippen LogP contribution is 2.17. The molecule has 0 saturated heterocycles. The molecule has 0 aliphatic rings. The van der Waals surface area contributed by atoms with Gasteiger partial charge in [-0.05, 0) is 26.0 Å². The van der Waals surface area contributed by atoms with Crippen LogP contribution in [0.1, 0.15) is 36.3 Å². The second-order valence-electron chi connectivity index (χ2n) is 3.59. The number of hydrogen-bond acceptors (Lipinski definition) is 5. The topological polar surface area (TPSA) is 68.9 Å². The van der Waals surface area contributed by atoms with Gasteiger partial charge < -0.3 is 19.0 Å². The first-order valence-corrected chi connectivity index (χ1v) is 5.02. The zero-order valence-electron chi connectivity index (χ0n) is 9.60. The van der Waals surface area contributed by atoms with E-state index in [0.717, 1.165) is 0 Å². The average Bonchev–Trinajstić information content (AvgIpc) is 2.74. The van der Waals surface area contributed by atoms with Crippen LogP contribution in [0.25, 0.3) is 0 Å². The Morgan fingerprint density at radius 1 is 1.50 bits per heavy atom. The van der Waals surface area contributed by atoms with Gasteiger partial charge >= 0.3 is 5.97 Å². The maximum atomic E-state index is 11.1. The zero-order chi connectivity index (χ0) is 12.1. The minimum atomic E-state index is -0.874. The minimum absolute atomic E-state index is 0.0321. The fourth-order valence-corrected chi connectivity index (χ4v) is 1.11. The molecule has 0 fully saturated rings. The van der Waals surface area contributed by atoms with Gasteiger partial charge in [0.25, 0.3) is 0 Å². The smallest absolute Gasteiger partial charge is 0.373 e. The molecule has 0 bridgehead atoms. The van der Waals surface area contributed by atoms with Gasteiger partial charge in [-0.25, -0.2) is 4.79 Å². The minimum Gasteiger partial charge on any atom is -0.463 e. The molecule has 1 aromatic heterocycles. The lowest BCUT2D eigenvalue weighted by atomic mass is 10.3. The van der Waals surface area contributed by atoms with Crippen molar-refractivity contribution in [1.29, 1.82) is 0 Å². The first kappa shape index (κ1) is 12.7. The molecule has 1 N–H and O–H groups in total. The van der Waals surface area contributed by atoms with Gasteiger partial charge in [-0.3, -0.25) is 0 Å². The molecule has 0 saturated carbocycles. The molecule has 1 aromatic rings. The van der Waals surface area contributed by atoms with Crippen LogP contribution < -0.4 is 0 Å². The number of aliphatic hydroxyl groups is 1. The van der Waals surface area contributed by atoms with Gasteiger partial charge in [0.05, 0.1) is 19.8 Å². The molecule has 5 heteroatoms. The Morgan fingerprint density at radius 3 is 2.75 bits per heavy atom. The first-order chi connectivity index (χ1) is 7.54. The molecule has 0 aliphatic carbocycles. The second-order valence-corrected chi connectivity index (χ2v) is 3.59. The number of carbonyl (C=O) groups excluding carboxylic acids is 1. The molecule has 1 rings (SSSR count). The highest BCUT2D eigenvalue weighted by molar-refractivity contribution is 5.86. The maximum absolute atomic E-state index is 11.1. The van der Waals surface area contributed by atoms with Crippen molar-refractivity contribution in [2.24, 2.45) is 0 Å². The quantitative estimate of drug-likeness (QED) is 0.774. The highest BCUT2D eigenvalue weighted by atomic mass is 16.5. The Morgan fingerprint density at radius 2 is 2.19 bits per heavy atom. The number of ether oxygens (including phenoxy) is 2. The van der Waals surface area contributed by atoms with Crippen molar-refractivity contribution in [3.05, 3.63) is 23.7 Å². The number of rotatable bonds is 5. The SMILES string of the molecule is COC(=O)c1ccc(C(O)COC(C)C)o1. The lowest BCUT2D eigenvalue weighted by Gasteiger charge is -2.11. The van der Waals surface area contributed by atoms with Gasteiger partial charge in [0.1, 0.15) is 11.9 Å². The van der Waals surface area contributed by atoms with E-state index in [2.05, 4.69) is 4.74 Å². The zero-order valence-corrected chi connectivity index (χ0v) is 9.60. The van der Waals surface area contributed by atoms with E-state index >= 15 is 0 Å². The van der Waals surface area contributed by atoms with E-state index in [1.807, 2.05) is 13.8 Å². The fraction of sp³-hybridized carbons (Fsp3) is 0.545. The Labute approximate surface area is 94.0 Å². The highest BCUT2D eigenvalue weighted by Gasteiger charge is 2.17. The van der Waals surface area contributed by atoms with Crippen LogP contribution in [0, 0.1) is 0 Å². The van der Waals surface area contributed by atoms with Crippen molar-refractivity contribution in [2.45, 2.75) is 26.1 Å². The maximum Gasteiger partial charge on any atom is 0.373 e. The number of esters is 1. The third kappa shape index (κ3) is 3.36. The standard InChI is InChI=1S/C11H16O5/c1-7(2)15-6-8(12)9-4-5-10(16-9)11(13)14-3/h4-5,7-8,12H,6H2,1-3H3. The predicted molar refractivity (Wildman–Crippen MR) is 56.1 cm³/mol. The van der Waals surface area contributed by atoms with Crippen LogP contribution in [0.3, 0.4) is 0 Å². The molecule has 0 aromatic carbocycles. The molecular formula is C11H16O5. The molecular weight excluding hydrogens is 212 g/mol. The van der Waals surface area contributed by atoms with Crippen molar-refractivity contribution in [3.63, 3.8) is 0 Å². The summed E-state index contributed by atoms with van der Waals surface area (Å²) >= 11 is 0. The molecule has 90 valence electrons. The lowest BCUT2D eigenvalue weighted by Crippen LogP contribution is -2.11. The van der Waals surface area contributed by atoms with Crippen molar-refractivity contribution in [1.82, 2.24) is 0 Å². The Balaban J connectivity index is 2.59. The van der Waals surface area contributed by atoms with Gasteiger partial charge in [-0.2, -0.15) is 0 Å². The molecule has 1 heterocycles. The normalized spacial score (nSPS) is 12.8. The number of hydrogen-bond donors (Lipinski definition) is 1. The number of aliphatic hydroxyl groups excluding tert-OH is 1. The Bertz CT molecular complexity index is 342. The van der Waals surface area contributed by atoms with E-state index in [1.54, 1.807) is 0 Å². The van der Waals surface area contributed by atoms with Crippen molar-refractivity contribution in [2.75, 3.05) is 13.7 Å². The summed E-state index contributed by atoms with van der Waals surface area (Å²) in [5.41, 5.74) is 0. The van der Waals surface area contributed by atoms with Gasteiger partial charge in [0.2, 0.25) is 5.76 Å². The summed E-state index contributed by atoms with van der Waals surface area (Å²) in [6.45, 7) is 3.87. The van der Waals surface area contributed by atoms with Crippen LogP contribution in [0.15, 0.2) is 16.5 Å². The molecule has 0 radical (unpaired) electrons. The van der Waals surface area contributed by atoms with Crippen LogP contribution in [0.2, 0.25) is 0 Å². The molecule has 0 spiro atoms. The summed E-state index contributed by atoms with van der Waals surface area (Å²) in [6, 6.07) is 2.99. The third-order valence-electron chi connectivity index (χ3n) is 1.93. The summed E-state index contributed by atoms with van der Waals surface area (Å²) in [4.78, 5) is 11.1. The van der Waals surface area contributed by atoms with Gasteiger partial charge in [0.15, 0.2) is 0 Å². The van der Waals surface area contributed by atoms with Crippen molar-refractivity contribution in [3.8, 4) is 0 Å². The van der Waals surface area contributed by atoms with Crippen LogP contribution in [-0.2, 0) is 9.47 Å². The lowest BCUT2D eigenvalue weighted by molar-refractivity contribution is -0.00415. The Hall–Kier alpha value is -1.33. The fourth-order valence-electron chi connectivity index (χ4n) is 1.11. The van der Waals surface area contributed by atoms with Crippen LogP contribution in [0.4, 0.5) is 0 Å². The Kier molecular flexibility index (Phi) is 4.52. The monoisotopic (exact) mass is 228 g/mol. The van der Waals surface area contributed by atoms with Crippen LogP contribution >= 0.6 is 0 Å². The molecule has 0 amide bonds. The van der Waals surface area contributed by atoms with Crippen molar-refractivity contribution >= 4 is 5.97 Å². The van der Waals surface area contributed by atoms with Crippen LogP contribution in [0.5, 0.6) is 0 Å². The largest absolute Gasteiger partial charge is 0.463 e. The predicted octanol–water partition coefficient (Wildman–Crippen LogP) is 1.52. The molecule has 1 atom stereocenters.